The number of hydrogen-bond donors (Lipinski definition) is 0. The Labute approximate surface area is 193 Å². The molecule has 6 heteroatoms. The number of fused-ring (bicyclic) bond motifs is 1. The molecule has 0 unspecified atom stereocenters. The van der Waals surface area contributed by atoms with Gasteiger partial charge >= 0.3 is 0 Å². The van der Waals surface area contributed by atoms with Crippen molar-refractivity contribution in [2.45, 2.75) is 6.92 Å². The molecule has 0 N–H and O–H groups in total. The Balaban J connectivity index is 1.88. The van der Waals surface area contributed by atoms with Crippen LogP contribution in [0.3, 0.4) is 0 Å². The Hall–Kier alpha value is -4.06. The van der Waals surface area contributed by atoms with Crippen LogP contribution in [0.15, 0.2) is 66.7 Å². The molecule has 4 rings (SSSR count). The molecule has 0 saturated heterocycles. The molecule has 0 bridgehead atoms. The summed E-state index contributed by atoms with van der Waals surface area (Å²) >= 11 is 0. The summed E-state index contributed by atoms with van der Waals surface area (Å²) in [5.41, 5.74) is 4.63. The van der Waals surface area contributed by atoms with Crippen molar-refractivity contribution in [3.8, 4) is 28.5 Å². The first-order chi connectivity index (χ1) is 16.0. The molecule has 3 aromatic carbocycles. The lowest BCUT2D eigenvalue weighted by Crippen LogP contribution is -2.26. The Morgan fingerprint density at radius 3 is 2.09 bits per heavy atom. The van der Waals surface area contributed by atoms with E-state index in [4.69, 9.17) is 19.2 Å². The summed E-state index contributed by atoms with van der Waals surface area (Å²) in [4.78, 5) is 20.1. The molecule has 1 heterocycles. The van der Waals surface area contributed by atoms with Crippen molar-refractivity contribution in [3.05, 3.63) is 77.9 Å². The Morgan fingerprint density at radius 1 is 0.848 bits per heavy atom. The number of hydrogen-bond acceptors (Lipinski definition) is 5. The summed E-state index contributed by atoms with van der Waals surface area (Å²) in [5, 5.41) is 0.789. The second kappa shape index (κ2) is 9.20. The fraction of sp³-hybridized carbons (Fsp3) is 0.185. The molecular weight excluding hydrogens is 416 g/mol. The predicted octanol–water partition coefficient (Wildman–Crippen LogP) is 5.51. The van der Waals surface area contributed by atoms with E-state index >= 15 is 0 Å². The number of aryl methyl sites for hydroxylation is 1. The molecule has 0 aliphatic heterocycles. The van der Waals surface area contributed by atoms with Gasteiger partial charge in [-0.05, 0) is 43.3 Å². The number of rotatable bonds is 6. The molecule has 0 fully saturated rings. The van der Waals surface area contributed by atoms with Gasteiger partial charge < -0.3 is 19.1 Å². The first kappa shape index (κ1) is 22.1. The highest BCUT2D eigenvalue weighted by Gasteiger charge is 2.20. The highest BCUT2D eigenvalue weighted by molar-refractivity contribution is 6.14. The molecule has 6 nitrogen and oxygen atoms in total. The fourth-order valence-corrected chi connectivity index (χ4v) is 3.80. The SMILES string of the molecule is COc1cc(-c2cc(C(=O)N(C)c3ccc(C)cc3)c3ccccc3n2)cc(OC)c1OC. The van der Waals surface area contributed by atoms with Crippen molar-refractivity contribution in [1.29, 1.82) is 0 Å². The van der Waals surface area contributed by atoms with E-state index in [1.165, 1.54) is 0 Å². The number of carbonyl (C=O) groups excluding carboxylic acids is 1. The van der Waals surface area contributed by atoms with Crippen LogP contribution >= 0.6 is 0 Å². The zero-order valence-electron chi connectivity index (χ0n) is 19.4. The van der Waals surface area contributed by atoms with Crippen LogP contribution in [0.2, 0.25) is 0 Å². The molecule has 0 saturated carbocycles. The maximum atomic E-state index is 13.6. The topological polar surface area (TPSA) is 60.9 Å². The second-order valence-electron chi connectivity index (χ2n) is 7.69. The molecule has 0 aliphatic rings. The van der Waals surface area contributed by atoms with Gasteiger partial charge in [-0.15, -0.1) is 0 Å². The van der Waals surface area contributed by atoms with E-state index in [0.29, 0.717) is 28.5 Å². The molecule has 0 spiro atoms. The number of para-hydroxylation sites is 1. The van der Waals surface area contributed by atoms with Crippen molar-refractivity contribution < 1.29 is 19.0 Å². The van der Waals surface area contributed by atoms with Crippen LogP contribution in [-0.4, -0.2) is 39.3 Å². The van der Waals surface area contributed by atoms with Crippen molar-refractivity contribution in [3.63, 3.8) is 0 Å². The van der Waals surface area contributed by atoms with Crippen LogP contribution in [0.4, 0.5) is 5.69 Å². The highest BCUT2D eigenvalue weighted by atomic mass is 16.5. The molecule has 1 aromatic heterocycles. The van der Waals surface area contributed by atoms with Gasteiger partial charge in [-0.3, -0.25) is 4.79 Å². The van der Waals surface area contributed by atoms with E-state index in [1.54, 1.807) is 33.3 Å². The van der Waals surface area contributed by atoms with Gasteiger partial charge in [0.1, 0.15) is 0 Å². The number of ether oxygens (including phenoxy) is 3. The van der Waals surface area contributed by atoms with Gasteiger partial charge in [0.25, 0.3) is 5.91 Å². The predicted molar refractivity (Wildman–Crippen MR) is 131 cm³/mol. The van der Waals surface area contributed by atoms with Crippen molar-refractivity contribution in [2.75, 3.05) is 33.3 Å². The van der Waals surface area contributed by atoms with Gasteiger partial charge in [0, 0.05) is 23.7 Å². The average molecular weight is 443 g/mol. The van der Waals surface area contributed by atoms with Crippen LogP contribution < -0.4 is 19.1 Å². The van der Waals surface area contributed by atoms with E-state index < -0.39 is 0 Å². The Morgan fingerprint density at radius 2 is 1.48 bits per heavy atom. The monoisotopic (exact) mass is 442 g/mol. The van der Waals surface area contributed by atoms with Crippen molar-refractivity contribution in [2.24, 2.45) is 0 Å². The lowest BCUT2D eigenvalue weighted by Gasteiger charge is -2.19. The van der Waals surface area contributed by atoms with Gasteiger partial charge in [0.2, 0.25) is 5.75 Å². The molecule has 0 radical (unpaired) electrons. The standard InChI is InChI=1S/C27H26N2O4/c1-17-10-12-19(13-11-17)29(2)27(30)21-16-23(28-22-9-7-6-8-20(21)22)18-14-24(31-3)26(33-5)25(15-18)32-4/h6-16H,1-5H3. The van der Waals surface area contributed by atoms with Crippen LogP contribution in [0.1, 0.15) is 15.9 Å². The molecule has 168 valence electrons. The van der Waals surface area contributed by atoms with E-state index in [9.17, 15) is 4.79 Å². The normalized spacial score (nSPS) is 10.7. The third-order valence-electron chi connectivity index (χ3n) is 5.63. The van der Waals surface area contributed by atoms with Gasteiger partial charge in [0.05, 0.1) is 38.1 Å². The lowest BCUT2D eigenvalue weighted by molar-refractivity contribution is 0.0994. The van der Waals surface area contributed by atoms with Crippen LogP contribution in [0.5, 0.6) is 17.2 Å². The van der Waals surface area contributed by atoms with Crippen LogP contribution in [0, 0.1) is 6.92 Å². The van der Waals surface area contributed by atoms with Gasteiger partial charge in [0.15, 0.2) is 11.5 Å². The number of methoxy groups -OCH3 is 3. The highest BCUT2D eigenvalue weighted by Crippen LogP contribution is 2.41. The molecule has 33 heavy (non-hydrogen) atoms. The number of pyridine rings is 1. The van der Waals surface area contributed by atoms with Gasteiger partial charge in [-0.25, -0.2) is 4.98 Å². The average Bonchev–Trinajstić information content (AvgIpc) is 2.86. The minimum absolute atomic E-state index is 0.119. The minimum Gasteiger partial charge on any atom is -0.493 e. The van der Waals surface area contributed by atoms with Crippen LogP contribution in [0.25, 0.3) is 22.2 Å². The quantitative estimate of drug-likeness (QED) is 0.394. The number of anilines is 1. The first-order valence-electron chi connectivity index (χ1n) is 10.5. The molecule has 0 atom stereocenters. The number of amides is 1. The molecule has 0 aliphatic carbocycles. The van der Waals surface area contributed by atoms with Crippen molar-refractivity contribution in [1.82, 2.24) is 4.98 Å². The summed E-state index contributed by atoms with van der Waals surface area (Å²) in [5.74, 6) is 1.42. The third kappa shape index (κ3) is 4.20. The lowest BCUT2D eigenvalue weighted by atomic mass is 10.0. The number of carbonyl (C=O) groups is 1. The van der Waals surface area contributed by atoms with Crippen LogP contribution in [-0.2, 0) is 0 Å². The minimum atomic E-state index is -0.119. The fourth-order valence-electron chi connectivity index (χ4n) is 3.80. The number of benzene rings is 3. The van der Waals surface area contributed by atoms with E-state index in [0.717, 1.165) is 27.7 Å². The molecule has 4 aromatic rings. The summed E-state index contributed by atoms with van der Waals surface area (Å²) in [6.07, 6.45) is 0. The summed E-state index contributed by atoms with van der Waals surface area (Å²) in [7, 11) is 6.48. The smallest absolute Gasteiger partial charge is 0.258 e. The number of nitrogens with zero attached hydrogens (tertiary/aromatic N) is 2. The summed E-state index contributed by atoms with van der Waals surface area (Å²) in [6.45, 7) is 2.02. The summed E-state index contributed by atoms with van der Waals surface area (Å²) < 4.78 is 16.4. The maximum Gasteiger partial charge on any atom is 0.258 e. The first-order valence-corrected chi connectivity index (χ1v) is 10.5. The summed E-state index contributed by atoms with van der Waals surface area (Å²) in [6, 6.07) is 21.0. The van der Waals surface area contributed by atoms with E-state index in [-0.39, 0.29) is 5.91 Å². The largest absolute Gasteiger partial charge is 0.493 e. The van der Waals surface area contributed by atoms with Gasteiger partial charge in [-0.1, -0.05) is 35.9 Å². The maximum absolute atomic E-state index is 13.6. The third-order valence-corrected chi connectivity index (χ3v) is 5.63. The Bertz CT molecular complexity index is 1290. The van der Waals surface area contributed by atoms with Crippen molar-refractivity contribution >= 4 is 22.5 Å². The molecule has 1 amide bonds. The van der Waals surface area contributed by atoms with E-state index in [2.05, 4.69) is 0 Å². The number of aromatic nitrogens is 1. The zero-order valence-corrected chi connectivity index (χ0v) is 19.4. The Kier molecular flexibility index (Phi) is 6.18. The van der Waals surface area contributed by atoms with E-state index in [1.807, 2.05) is 73.7 Å². The second-order valence-corrected chi connectivity index (χ2v) is 7.69. The molecular formula is C27H26N2O4. The zero-order chi connectivity index (χ0) is 23.5. The van der Waals surface area contributed by atoms with Gasteiger partial charge in [-0.2, -0.15) is 0 Å².